The van der Waals surface area contributed by atoms with Gasteiger partial charge in [-0.15, -0.1) is 0 Å². The Morgan fingerprint density at radius 3 is 2.29 bits per heavy atom. The Labute approximate surface area is 178 Å². The third kappa shape index (κ3) is 5.04. The van der Waals surface area contributed by atoms with Crippen LogP contribution in [0.3, 0.4) is 0 Å². The molecule has 0 aliphatic rings. The number of benzene rings is 2. The lowest BCUT2D eigenvalue weighted by atomic mass is 10.1. The van der Waals surface area contributed by atoms with Crippen molar-refractivity contribution in [2.45, 2.75) is 32.7 Å². The van der Waals surface area contributed by atoms with Crippen LogP contribution in [-0.4, -0.2) is 26.2 Å². The molecule has 2 aromatic carbocycles. The van der Waals surface area contributed by atoms with Gasteiger partial charge in [-0.2, -0.15) is 5.10 Å². The lowest BCUT2D eigenvalue weighted by Gasteiger charge is -2.19. The fourth-order valence-corrected chi connectivity index (χ4v) is 3.26. The van der Waals surface area contributed by atoms with Crippen molar-refractivity contribution < 1.29 is 4.79 Å². The Morgan fingerprint density at radius 2 is 1.68 bits per heavy atom. The minimum atomic E-state index is -0.335. The molecule has 28 heavy (non-hydrogen) atoms. The van der Waals surface area contributed by atoms with E-state index in [0.717, 1.165) is 5.69 Å². The van der Waals surface area contributed by atoms with Crippen LogP contribution in [0.4, 0.5) is 0 Å². The SMILES string of the molecule is CC(C)(C)NC(=O)Cc1nc(-c2ccc(Cl)cc2Cl)n(-c2ccc(Cl)cc2)n1. The van der Waals surface area contributed by atoms with E-state index in [1.54, 1.807) is 35.0 Å². The molecule has 5 nitrogen and oxygen atoms in total. The monoisotopic (exact) mass is 436 g/mol. The molecule has 0 aliphatic heterocycles. The van der Waals surface area contributed by atoms with Crippen LogP contribution in [0, 0.1) is 0 Å². The summed E-state index contributed by atoms with van der Waals surface area (Å²) in [6.45, 7) is 5.76. The van der Waals surface area contributed by atoms with Crippen molar-refractivity contribution in [3.8, 4) is 17.1 Å². The summed E-state index contributed by atoms with van der Waals surface area (Å²) in [6.07, 6.45) is 0.0517. The zero-order chi connectivity index (χ0) is 20.5. The number of nitrogens with zero attached hydrogens (tertiary/aromatic N) is 3. The number of amides is 1. The van der Waals surface area contributed by atoms with Crippen LogP contribution in [0.25, 0.3) is 17.1 Å². The molecule has 0 unspecified atom stereocenters. The Balaban J connectivity index is 2.04. The molecule has 146 valence electrons. The molecule has 1 amide bonds. The number of rotatable bonds is 4. The zero-order valence-corrected chi connectivity index (χ0v) is 17.9. The van der Waals surface area contributed by atoms with E-state index in [-0.39, 0.29) is 17.9 Å². The van der Waals surface area contributed by atoms with E-state index in [4.69, 9.17) is 34.8 Å². The van der Waals surface area contributed by atoms with E-state index in [1.165, 1.54) is 0 Å². The fraction of sp³-hybridized carbons (Fsp3) is 0.250. The van der Waals surface area contributed by atoms with Crippen molar-refractivity contribution in [3.63, 3.8) is 0 Å². The van der Waals surface area contributed by atoms with Crippen molar-refractivity contribution in [1.82, 2.24) is 20.1 Å². The van der Waals surface area contributed by atoms with Gasteiger partial charge in [-0.25, -0.2) is 9.67 Å². The molecular formula is C20H19Cl3N4O. The molecule has 0 aliphatic carbocycles. The maximum absolute atomic E-state index is 12.3. The molecule has 0 radical (unpaired) electrons. The van der Waals surface area contributed by atoms with Gasteiger partial charge in [-0.3, -0.25) is 4.79 Å². The van der Waals surface area contributed by atoms with Crippen LogP contribution in [0.2, 0.25) is 15.1 Å². The molecule has 0 fully saturated rings. The molecule has 3 aromatic rings. The summed E-state index contributed by atoms with van der Waals surface area (Å²) in [5, 5.41) is 9.02. The summed E-state index contributed by atoms with van der Waals surface area (Å²) in [5.74, 6) is 0.745. The minimum absolute atomic E-state index is 0.0517. The molecule has 0 bridgehead atoms. The molecule has 0 saturated heterocycles. The summed E-state index contributed by atoms with van der Waals surface area (Å²) < 4.78 is 1.64. The number of carbonyl (C=O) groups is 1. The Hall–Kier alpha value is -2.08. The number of aromatic nitrogens is 3. The van der Waals surface area contributed by atoms with Crippen molar-refractivity contribution >= 4 is 40.7 Å². The molecule has 3 rings (SSSR count). The van der Waals surface area contributed by atoms with E-state index in [1.807, 2.05) is 32.9 Å². The Kier molecular flexibility index (Phi) is 5.98. The van der Waals surface area contributed by atoms with Crippen molar-refractivity contribution in [2.75, 3.05) is 0 Å². The third-order valence-corrected chi connectivity index (χ3v) is 4.53. The average molecular weight is 438 g/mol. The normalized spacial score (nSPS) is 11.5. The zero-order valence-electron chi connectivity index (χ0n) is 15.6. The topological polar surface area (TPSA) is 59.8 Å². The predicted molar refractivity (Wildman–Crippen MR) is 113 cm³/mol. The van der Waals surface area contributed by atoms with E-state index < -0.39 is 0 Å². The average Bonchev–Trinajstić information content (AvgIpc) is 2.97. The van der Waals surface area contributed by atoms with Gasteiger partial charge in [0.15, 0.2) is 11.6 Å². The van der Waals surface area contributed by atoms with Gasteiger partial charge in [-0.05, 0) is 63.2 Å². The lowest BCUT2D eigenvalue weighted by Crippen LogP contribution is -2.41. The number of hydrogen-bond acceptors (Lipinski definition) is 3. The highest BCUT2D eigenvalue weighted by Gasteiger charge is 2.20. The number of carbonyl (C=O) groups excluding carboxylic acids is 1. The van der Waals surface area contributed by atoms with Gasteiger partial charge in [0.1, 0.15) is 0 Å². The van der Waals surface area contributed by atoms with Gasteiger partial charge in [-0.1, -0.05) is 34.8 Å². The first-order valence-electron chi connectivity index (χ1n) is 8.61. The van der Waals surface area contributed by atoms with Crippen LogP contribution in [0.5, 0.6) is 0 Å². The van der Waals surface area contributed by atoms with E-state index in [2.05, 4.69) is 15.4 Å². The highest BCUT2D eigenvalue weighted by molar-refractivity contribution is 6.36. The van der Waals surface area contributed by atoms with E-state index >= 15 is 0 Å². The number of hydrogen-bond donors (Lipinski definition) is 1. The fourth-order valence-electron chi connectivity index (χ4n) is 2.64. The Morgan fingerprint density at radius 1 is 1.04 bits per heavy atom. The molecule has 8 heteroatoms. The van der Waals surface area contributed by atoms with Gasteiger partial charge >= 0.3 is 0 Å². The molecule has 1 N–H and O–H groups in total. The Bertz CT molecular complexity index is 1010. The first-order valence-corrected chi connectivity index (χ1v) is 9.74. The van der Waals surface area contributed by atoms with Crippen molar-refractivity contribution in [2.24, 2.45) is 0 Å². The molecular weight excluding hydrogens is 419 g/mol. The predicted octanol–water partition coefficient (Wildman–Crippen LogP) is 5.35. The highest BCUT2D eigenvalue weighted by Crippen LogP contribution is 2.31. The van der Waals surface area contributed by atoms with E-state index in [9.17, 15) is 4.79 Å². The number of nitrogens with one attached hydrogen (secondary N) is 1. The second-order valence-electron chi connectivity index (χ2n) is 7.34. The lowest BCUT2D eigenvalue weighted by molar-refractivity contribution is -0.121. The minimum Gasteiger partial charge on any atom is -0.351 e. The molecule has 1 aromatic heterocycles. The molecule has 0 atom stereocenters. The standard InChI is InChI=1S/C20H19Cl3N4O/c1-20(2,3)25-18(28)11-17-24-19(15-9-6-13(22)10-16(15)23)27(26-17)14-7-4-12(21)5-8-14/h4-10H,11H2,1-3H3,(H,25,28). The number of halogens is 3. The summed E-state index contributed by atoms with van der Waals surface area (Å²) in [7, 11) is 0. The molecule has 1 heterocycles. The molecule has 0 saturated carbocycles. The summed E-state index contributed by atoms with van der Waals surface area (Å²) in [6, 6.07) is 12.3. The van der Waals surface area contributed by atoms with Crippen LogP contribution in [-0.2, 0) is 11.2 Å². The van der Waals surface area contributed by atoms with Gasteiger partial charge < -0.3 is 5.32 Å². The highest BCUT2D eigenvalue weighted by atomic mass is 35.5. The van der Waals surface area contributed by atoms with Crippen molar-refractivity contribution in [1.29, 1.82) is 0 Å². The van der Waals surface area contributed by atoms with Crippen molar-refractivity contribution in [3.05, 3.63) is 63.4 Å². The van der Waals surface area contributed by atoms with Crippen LogP contribution in [0.15, 0.2) is 42.5 Å². The second-order valence-corrected chi connectivity index (χ2v) is 8.62. The van der Waals surface area contributed by atoms with Crippen LogP contribution >= 0.6 is 34.8 Å². The van der Waals surface area contributed by atoms with Crippen LogP contribution < -0.4 is 5.32 Å². The van der Waals surface area contributed by atoms with Gasteiger partial charge in [0.25, 0.3) is 0 Å². The first-order chi connectivity index (χ1) is 13.1. The second kappa shape index (κ2) is 8.11. The maximum Gasteiger partial charge on any atom is 0.228 e. The third-order valence-electron chi connectivity index (χ3n) is 3.73. The summed E-state index contributed by atoms with van der Waals surface area (Å²) in [5.41, 5.74) is 1.08. The van der Waals surface area contributed by atoms with Gasteiger partial charge in [0.05, 0.1) is 17.1 Å². The van der Waals surface area contributed by atoms with Gasteiger partial charge in [0.2, 0.25) is 5.91 Å². The maximum atomic E-state index is 12.3. The smallest absolute Gasteiger partial charge is 0.228 e. The summed E-state index contributed by atoms with van der Waals surface area (Å²) in [4.78, 5) is 16.9. The summed E-state index contributed by atoms with van der Waals surface area (Å²) >= 11 is 18.4. The van der Waals surface area contributed by atoms with Crippen LogP contribution in [0.1, 0.15) is 26.6 Å². The van der Waals surface area contributed by atoms with E-state index in [0.29, 0.717) is 32.3 Å². The molecule has 0 spiro atoms. The quantitative estimate of drug-likeness (QED) is 0.598. The first kappa shape index (κ1) is 20.6. The largest absolute Gasteiger partial charge is 0.351 e. The van der Waals surface area contributed by atoms with Gasteiger partial charge in [0, 0.05) is 21.1 Å².